The maximum atomic E-state index is 12.7. The van der Waals surface area contributed by atoms with Crippen LogP contribution in [0.4, 0.5) is 11.4 Å². The number of nitro benzene ring substituents is 1. The van der Waals surface area contributed by atoms with Crippen LogP contribution in [0.5, 0.6) is 5.75 Å². The average molecular weight is 495 g/mol. The summed E-state index contributed by atoms with van der Waals surface area (Å²) < 4.78 is 11.0. The van der Waals surface area contributed by atoms with Gasteiger partial charge in [-0.3, -0.25) is 19.7 Å². The molecular weight excluding hydrogens is 483 g/mol. The Labute approximate surface area is 194 Å². The first-order valence-electron chi connectivity index (χ1n) is 9.00. The number of anilines is 1. The predicted octanol–water partition coefficient (Wildman–Crippen LogP) is 4.29. The van der Waals surface area contributed by atoms with Crippen molar-refractivity contribution in [2.45, 2.75) is 23.5 Å². The van der Waals surface area contributed by atoms with Crippen molar-refractivity contribution in [1.82, 2.24) is 10.2 Å². The van der Waals surface area contributed by atoms with Crippen LogP contribution in [0.1, 0.15) is 12.3 Å². The first-order chi connectivity index (χ1) is 15.3. The monoisotopic (exact) mass is 494 g/mol. The zero-order valence-electron chi connectivity index (χ0n) is 15.9. The number of halogens is 2. The third kappa shape index (κ3) is 4.69. The average Bonchev–Trinajstić information content (AvgIpc) is 3.31. The normalized spacial score (nSPS) is 15.9. The van der Waals surface area contributed by atoms with E-state index in [-0.39, 0.29) is 35.5 Å². The number of carbonyl (C=O) groups is 2. The predicted molar refractivity (Wildman–Crippen MR) is 115 cm³/mol. The summed E-state index contributed by atoms with van der Waals surface area (Å²) in [7, 11) is 0. The molecule has 13 heteroatoms. The van der Waals surface area contributed by atoms with Crippen molar-refractivity contribution in [1.29, 1.82) is 0 Å². The summed E-state index contributed by atoms with van der Waals surface area (Å²) in [6, 6.07) is 9.92. The molecule has 1 unspecified atom stereocenters. The van der Waals surface area contributed by atoms with Crippen LogP contribution in [0.2, 0.25) is 10.0 Å². The molecule has 0 aliphatic carbocycles. The molecule has 32 heavy (non-hydrogen) atoms. The highest BCUT2D eigenvalue weighted by Gasteiger charge is 2.41. The SMILES string of the molecule is O=C1CC(Sc2nnc(COc3ccc(Cl)cc3Cl)o2)C(=O)N1c1ccc([N+](=O)[O-])cc1. The van der Waals surface area contributed by atoms with Gasteiger partial charge in [-0.25, -0.2) is 4.90 Å². The zero-order chi connectivity index (χ0) is 22.8. The Morgan fingerprint density at radius 1 is 1.19 bits per heavy atom. The Bertz CT molecular complexity index is 1200. The highest BCUT2D eigenvalue weighted by Crippen LogP contribution is 2.34. The van der Waals surface area contributed by atoms with E-state index in [1.165, 1.54) is 30.3 Å². The number of rotatable bonds is 7. The van der Waals surface area contributed by atoms with Gasteiger partial charge in [-0.05, 0) is 30.3 Å². The number of benzene rings is 2. The molecule has 2 amide bonds. The number of imide groups is 1. The number of carbonyl (C=O) groups excluding carboxylic acids is 2. The molecule has 1 aliphatic rings. The Kier molecular flexibility index (Phi) is 6.31. The lowest BCUT2D eigenvalue weighted by Crippen LogP contribution is -2.31. The molecule has 2 heterocycles. The third-order valence-corrected chi connectivity index (χ3v) is 5.91. The van der Waals surface area contributed by atoms with E-state index < -0.39 is 22.0 Å². The number of nitro groups is 1. The summed E-state index contributed by atoms with van der Waals surface area (Å²) >= 11 is 12.8. The molecule has 164 valence electrons. The minimum atomic E-state index is -0.766. The van der Waals surface area contributed by atoms with Gasteiger partial charge >= 0.3 is 0 Å². The smallest absolute Gasteiger partial charge is 0.277 e. The second-order valence-corrected chi connectivity index (χ2v) is 8.47. The van der Waals surface area contributed by atoms with E-state index in [0.29, 0.717) is 15.8 Å². The molecule has 0 bridgehead atoms. The van der Waals surface area contributed by atoms with Gasteiger partial charge in [-0.1, -0.05) is 35.0 Å². The van der Waals surface area contributed by atoms with Gasteiger partial charge in [0.15, 0.2) is 6.61 Å². The van der Waals surface area contributed by atoms with Crippen molar-refractivity contribution >= 4 is 58.2 Å². The first kappa shape index (κ1) is 22.1. The largest absolute Gasteiger partial charge is 0.482 e. The van der Waals surface area contributed by atoms with Crippen LogP contribution in [-0.2, 0) is 16.2 Å². The van der Waals surface area contributed by atoms with E-state index in [1.54, 1.807) is 12.1 Å². The van der Waals surface area contributed by atoms with Crippen LogP contribution in [0.3, 0.4) is 0 Å². The van der Waals surface area contributed by atoms with Crippen LogP contribution in [0.15, 0.2) is 52.1 Å². The number of non-ortho nitro benzene ring substituents is 1. The molecule has 1 aromatic heterocycles. The lowest BCUT2D eigenvalue weighted by Gasteiger charge is -2.14. The summed E-state index contributed by atoms with van der Waals surface area (Å²) in [5, 5.41) is 18.7. The number of aromatic nitrogens is 2. The summed E-state index contributed by atoms with van der Waals surface area (Å²) in [6.07, 6.45) is -0.0743. The Hall–Kier alpha value is -3.15. The van der Waals surface area contributed by atoms with Crippen LogP contribution in [-0.4, -0.2) is 32.2 Å². The molecule has 2 aromatic carbocycles. The minimum Gasteiger partial charge on any atom is -0.482 e. The fourth-order valence-corrected chi connectivity index (χ4v) is 4.26. The van der Waals surface area contributed by atoms with E-state index >= 15 is 0 Å². The minimum absolute atomic E-state index is 0.0542. The first-order valence-corrected chi connectivity index (χ1v) is 10.6. The molecule has 1 saturated heterocycles. The van der Waals surface area contributed by atoms with Gasteiger partial charge in [0, 0.05) is 23.6 Å². The number of amides is 2. The van der Waals surface area contributed by atoms with E-state index in [9.17, 15) is 19.7 Å². The standard InChI is InChI=1S/C19H12Cl2N4O6S/c20-10-1-6-14(13(21)7-10)30-9-16-22-23-19(31-16)32-15-8-17(26)24(18(15)27)11-2-4-12(5-3-11)25(28)29/h1-7,15H,8-9H2. The summed E-state index contributed by atoms with van der Waals surface area (Å²) in [6.45, 7) is -0.0542. The maximum Gasteiger partial charge on any atom is 0.277 e. The van der Waals surface area contributed by atoms with Gasteiger partial charge in [0.2, 0.25) is 11.8 Å². The molecule has 0 radical (unpaired) electrons. The molecule has 0 N–H and O–H groups in total. The van der Waals surface area contributed by atoms with Gasteiger partial charge in [-0.2, -0.15) is 0 Å². The Morgan fingerprint density at radius 3 is 2.62 bits per heavy atom. The van der Waals surface area contributed by atoms with Crippen LogP contribution in [0.25, 0.3) is 0 Å². The second kappa shape index (κ2) is 9.15. The van der Waals surface area contributed by atoms with Crippen molar-refractivity contribution in [3.63, 3.8) is 0 Å². The Balaban J connectivity index is 1.39. The second-order valence-electron chi connectivity index (χ2n) is 6.48. The zero-order valence-corrected chi connectivity index (χ0v) is 18.3. The van der Waals surface area contributed by atoms with Crippen LogP contribution < -0.4 is 9.64 Å². The number of hydrogen-bond acceptors (Lipinski definition) is 9. The molecule has 3 aromatic rings. The highest BCUT2D eigenvalue weighted by molar-refractivity contribution is 8.00. The molecule has 0 spiro atoms. The van der Waals surface area contributed by atoms with E-state index in [2.05, 4.69) is 10.2 Å². The van der Waals surface area contributed by atoms with Crippen LogP contribution in [0, 0.1) is 10.1 Å². The summed E-state index contributed by atoms with van der Waals surface area (Å²) in [5.74, 6) is -0.360. The van der Waals surface area contributed by atoms with Gasteiger partial charge in [-0.15, -0.1) is 10.2 Å². The molecule has 1 fully saturated rings. The van der Waals surface area contributed by atoms with Gasteiger partial charge in [0.25, 0.3) is 16.8 Å². The van der Waals surface area contributed by atoms with Gasteiger partial charge < -0.3 is 9.15 Å². The molecule has 4 rings (SSSR count). The van der Waals surface area contributed by atoms with Crippen molar-refractivity contribution in [2.24, 2.45) is 0 Å². The lowest BCUT2D eigenvalue weighted by molar-refractivity contribution is -0.384. The molecule has 1 atom stereocenters. The summed E-state index contributed by atoms with van der Waals surface area (Å²) in [4.78, 5) is 36.3. The maximum absolute atomic E-state index is 12.7. The highest BCUT2D eigenvalue weighted by atomic mass is 35.5. The van der Waals surface area contributed by atoms with Gasteiger partial charge in [0.05, 0.1) is 15.6 Å². The number of thioether (sulfide) groups is 1. The van der Waals surface area contributed by atoms with E-state index in [4.69, 9.17) is 32.4 Å². The molecule has 10 nitrogen and oxygen atoms in total. The quantitative estimate of drug-likeness (QED) is 0.268. The fraction of sp³-hybridized carbons (Fsp3) is 0.158. The van der Waals surface area contributed by atoms with Crippen LogP contribution >= 0.6 is 35.0 Å². The molecule has 0 saturated carbocycles. The molecule has 1 aliphatic heterocycles. The Morgan fingerprint density at radius 2 is 1.94 bits per heavy atom. The van der Waals surface area contributed by atoms with Crippen molar-refractivity contribution < 1.29 is 23.7 Å². The van der Waals surface area contributed by atoms with E-state index in [0.717, 1.165) is 16.7 Å². The summed E-state index contributed by atoms with van der Waals surface area (Å²) in [5.41, 5.74) is 0.118. The molecular formula is C19H12Cl2N4O6S. The number of ether oxygens (including phenoxy) is 1. The fourth-order valence-electron chi connectivity index (χ4n) is 2.89. The van der Waals surface area contributed by atoms with Gasteiger partial charge in [0.1, 0.15) is 11.0 Å². The van der Waals surface area contributed by atoms with Crippen molar-refractivity contribution in [2.75, 3.05) is 4.90 Å². The number of nitrogens with zero attached hydrogens (tertiary/aromatic N) is 4. The van der Waals surface area contributed by atoms with Crippen molar-refractivity contribution in [3.05, 3.63) is 68.5 Å². The topological polar surface area (TPSA) is 129 Å². The lowest BCUT2D eigenvalue weighted by atomic mass is 10.2. The number of hydrogen-bond donors (Lipinski definition) is 0. The third-order valence-electron chi connectivity index (χ3n) is 4.36. The van der Waals surface area contributed by atoms with E-state index in [1.807, 2.05) is 0 Å². The van der Waals surface area contributed by atoms with Crippen molar-refractivity contribution in [3.8, 4) is 5.75 Å².